The predicted molar refractivity (Wildman–Crippen MR) is 142 cm³/mol. The van der Waals surface area contributed by atoms with E-state index in [1.807, 2.05) is 39.2 Å². The van der Waals surface area contributed by atoms with Gasteiger partial charge in [0.25, 0.3) is 0 Å². The fourth-order valence-corrected chi connectivity index (χ4v) is 5.25. The first kappa shape index (κ1) is 30.4. The minimum atomic E-state index is -1.24. The molecular weight excluding hydrogens is 478 g/mol. The van der Waals surface area contributed by atoms with Crippen molar-refractivity contribution in [3.63, 3.8) is 0 Å². The number of ether oxygens (including phenoxy) is 1. The number of ketones is 1. The normalized spacial score (nSPS) is 31.0. The Balaban J connectivity index is 2.35. The van der Waals surface area contributed by atoms with E-state index in [2.05, 4.69) is 11.1 Å². The lowest BCUT2D eigenvalue weighted by Crippen LogP contribution is -2.46. The smallest absolute Gasteiger partial charge is 0.309 e. The van der Waals surface area contributed by atoms with Crippen LogP contribution in [0, 0.1) is 17.3 Å². The molecule has 5 atom stereocenters. The van der Waals surface area contributed by atoms with Gasteiger partial charge < -0.3 is 20.1 Å². The van der Waals surface area contributed by atoms with Crippen molar-refractivity contribution in [3.8, 4) is 0 Å². The summed E-state index contributed by atoms with van der Waals surface area (Å²) in [5, 5.41) is 33.6. The van der Waals surface area contributed by atoms with E-state index in [4.69, 9.17) is 4.74 Å². The highest BCUT2D eigenvalue weighted by Gasteiger charge is 2.43. The van der Waals surface area contributed by atoms with Gasteiger partial charge in [-0.25, -0.2) is 4.98 Å². The van der Waals surface area contributed by atoms with Crippen LogP contribution in [0.15, 0.2) is 22.6 Å². The highest BCUT2D eigenvalue weighted by atomic mass is 32.1. The Morgan fingerprint density at radius 1 is 1.31 bits per heavy atom. The Labute approximate surface area is 219 Å². The first-order chi connectivity index (χ1) is 16.9. The van der Waals surface area contributed by atoms with E-state index in [0.717, 1.165) is 30.4 Å². The van der Waals surface area contributed by atoms with Gasteiger partial charge in [0.15, 0.2) is 0 Å². The van der Waals surface area contributed by atoms with Crippen molar-refractivity contribution in [2.45, 2.75) is 105 Å². The molecule has 8 heteroatoms. The monoisotopic (exact) mass is 521 g/mol. The molecule has 1 aliphatic heterocycles. The van der Waals surface area contributed by atoms with Crippen LogP contribution in [0.5, 0.6) is 0 Å². The van der Waals surface area contributed by atoms with Crippen LogP contribution in [0.2, 0.25) is 0 Å². The van der Waals surface area contributed by atoms with Crippen LogP contribution in [-0.4, -0.2) is 50.4 Å². The highest BCUT2D eigenvalue weighted by molar-refractivity contribution is 7.09. The van der Waals surface area contributed by atoms with Crippen molar-refractivity contribution >= 4 is 29.2 Å². The van der Waals surface area contributed by atoms with Crippen molar-refractivity contribution in [1.29, 1.82) is 0 Å². The summed E-state index contributed by atoms with van der Waals surface area (Å²) in [7, 11) is 0. The molecule has 0 amide bonds. The molecule has 0 radical (unpaired) electrons. The number of allylic oxidation sites excluding steroid dienone is 1. The predicted octanol–water partition coefficient (Wildman–Crippen LogP) is 4.84. The number of rotatable bonds is 4. The zero-order valence-electron chi connectivity index (χ0n) is 22.5. The molecule has 0 fully saturated rings. The molecule has 0 bridgehead atoms. The molecule has 1 aliphatic rings. The second-order valence-corrected chi connectivity index (χ2v) is 11.6. The summed E-state index contributed by atoms with van der Waals surface area (Å²) in [6, 6.07) is 0. The van der Waals surface area contributed by atoms with Crippen molar-refractivity contribution in [2.75, 3.05) is 0 Å². The molecule has 1 aromatic rings. The molecule has 3 N–H and O–H groups in total. The third-order valence-corrected chi connectivity index (χ3v) is 8.22. The van der Waals surface area contributed by atoms with Gasteiger partial charge in [-0.15, -0.1) is 11.3 Å². The molecule has 2 heterocycles. The fourth-order valence-electron chi connectivity index (χ4n) is 4.64. The van der Waals surface area contributed by atoms with Gasteiger partial charge in [-0.2, -0.15) is 0 Å². The van der Waals surface area contributed by atoms with Gasteiger partial charge in [0.1, 0.15) is 16.9 Å². The summed E-state index contributed by atoms with van der Waals surface area (Å²) in [4.78, 5) is 30.7. The molecule has 0 saturated heterocycles. The van der Waals surface area contributed by atoms with Gasteiger partial charge in [0, 0.05) is 17.7 Å². The maximum absolute atomic E-state index is 13.4. The Morgan fingerprint density at radius 2 is 2.00 bits per heavy atom. The third-order valence-electron chi connectivity index (χ3n) is 7.37. The number of carbonyl (C=O) groups excluding carboxylic acids is 2. The van der Waals surface area contributed by atoms with Crippen LogP contribution in [-0.2, 0) is 20.9 Å². The van der Waals surface area contributed by atoms with Crippen LogP contribution in [0.3, 0.4) is 0 Å². The van der Waals surface area contributed by atoms with E-state index in [9.17, 15) is 24.9 Å². The summed E-state index contributed by atoms with van der Waals surface area (Å²) in [5.74, 6) is -1.48. The minimum absolute atomic E-state index is 0.0580. The molecule has 2 rings (SSSR count). The van der Waals surface area contributed by atoms with Gasteiger partial charge in [-0.3, -0.25) is 9.59 Å². The molecule has 0 spiro atoms. The first-order valence-electron chi connectivity index (χ1n) is 12.9. The molecule has 7 nitrogen and oxygen atoms in total. The van der Waals surface area contributed by atoms with Crippen molar-refractivity contribution in [2.24, 2.45) is 17.3 Å². The Morgan fingerprint density at radius 3 is 2.61 bits per heavy atom. The maximum atomic E-state index is 13.4. The number of cyclic esters (lactones) is 1. The number of hydrogen-bond acceptors (Lipinski definition) is 8. The number of nitrogens with zero attached hydrogens (tertiary/aromatic N) is 1. The van der Waals surface area contributed by atoms with E-state index in [1.165, 1.54) is 11.3 Å². The number of Topliss-reactive ketones (excluding diaryl/α,β-unsaturated/α-hetero) is 1. The molecule has 1 aromatic heterocycles. The standard InChI is InChI=1S/C28H43NO6S/c1-7-21-26(33)18(3)10-8-9-17(2)11-12-22(19(4)13-20-16-36-24(15-30)29-20)35-25(32)14-23(31)28(5,6)27(21)34/h11,13,16,18,21-23,26,30-31,33H,7-10,12,14-15H2,1-6H3/b17-11-,19-13?/t18-,21+,22-,23-,26-/m0/s1. The van der Waals surface area contributed by atoms with Crippen LogP contribution in [0.25, 0.3) is 6.08 Å². The molecule has 202 valence electrons. The highest BCUT2D eigenvalue weighted by Crippen LogP contribution is 2.34. The zero-order valence-corrected chi connectivity index (χ0v) is 23.3. The summed E-state index contributed by atoms with van der Waals surface area (Å²) in [6.07, 6.45) is 4.45. The average molecular weight is 522 g/mol. The molecule has 0 unspecified atom stereocenters. The van der Waals surface area contributed by atoms with Gasteiger partial charge in [0.2, 0.25) is 0 Å². The van der Waals surface area contributed by atoms with Crippen LogP contribution >= 0.6 is 11.3 Å². The van der Waals surface area contributed by atoms with E-state index in [1.54, 1.807) is 13.8 Å². The van der Waals surface area contributed by atoms with Crippen LogP contribution in [0.4, 0.5) is 0 Å². The van der Waals surface area contributed by atoms with Gasteiger partial charge in [0.05, 0.1) is 36.3 Å². The van der Waals surface area contributed by atoms with Crippen molar-refractivity contribution in [1.82, 2.24) is 4.98 Å². The van der Waals surface area contributed by atoms with E-state index in [-0.39, 0.29) is 24.7 Å². The quantitative estimate of drug-likeness (QED) is 0.383. The number of hydrogen-bond donors (Lipinski definition) is 3. The second-order valence-electron chi connectivity index (χ2n) is 10.7. The number of aliphatic hydroxyl groups is 3. The van der Waals surface area contributed by atoms with Crippen molar-refractivity contribution in [3.05, 3.63) is 33.3 Å². The molecular formula is C28H43NO6S. The molecule has 0 aliphatic carbocycles. The van der Waals surface area contributed by atoms with Crippen molar-refractivity contribution < 1.29 is 29.6 Å². The summed E-state index contributed by atoms with van der Waals surface area (Å²) in [5.41, 5.74) is 1.44. The lowest BCUT2D eigenvalue weighted by Gasteiger charge is -2.35. The summed E-state index contributed by atoms with van der Waals surface area (Å²) in [6.45, 7) is 10.9. The number of aromatic nitrogens is 1. The molecule has 0 saturated carbocycles. The SMILES string of the molecule is CC[C@H]1C(=O)C(C)(C)[C@@H](O)CC(=O)O[C@H](C(C)=Cc2csc(CO)n2)C/C=C(/C)CCC[C@H](C)[C@@H]1O. The molecule has 0 aromatic carbocycles. The number of thiazole rings is 1. The van der Waals surface area contributed by atoms with E-state index >= 15 is 0 Å². The largest absolute Gasteiger partial charge is 0.457 e. The van der Waals surface area contributed by atoms with Crippen LogP contribution in [0.1, 0.15) is 90.8 Å². The van der Waals surface area contributed by atoms with E-state index in [0.29, 0.717) is 23.5 Å². The van der Waals surface area contributed by atoms with Crippen LogP contribution < -0.4 is 0 Å². The summed E-state index contributed by atoms with van der Waals surface area (Å²) >= 11 is 1.36. The fraction of sp³-hybridized carbons (Fsp3) is 0.679. The Bertz CT molecular complexity index is 950. The Hall–Kier alpha value is -1.87. The third kappa shape index (κ3) is 8.07. The lowest BCUT2D eigenvalue weighted by atomic mass is 9.71. The Kier molecular flexibility index (Phi) is 11.5. The second kappa shape index (κ2) is 13.6. The minimum Gasteiger partial charge on any atom is -0.457 e. The zero-order chi connectivity index (χ0) is 27.0. The topological polar surface area (TPSA) is 117 Å². The lowest BCUT2D eigenvalue weighted by molar-refractivity contribution is -0.154. The first-order valence-corrected chi connectivity index (χ1v) is 13.8. The van der Waals surface area contributed by atoms with E-state index < -0.39 is 35.6 Å². The number of carbonyl (C=O) groups is 2. The molecule has 36 heavy (non-hydrogen) atoms. The average Bonchev–Trinajstić information content (AvgIpc) is 3.28. The number of esters is 1. The summed E-state index contributed by atoms with van der Waals surface area (Å²) < 4.78 is 5.81. The van der Waals surface area contributed by atoms with Gasteiger partial charge in [-0.1, -0.05) is 39.3 Å². The maximum Gasteiger partial charge on any atom is 0.309 e. The number of aliphatic hydroxyl groups excluding tert-OH is 3. The van der Waals surface area contributed by atoms with Gasteiger partial charge in [-0.05, 0) is 57.1 Å². The van der Waals surface area contributed by atoms with Gasteiger partial charge >= 0.3 is 5.97 Å².